The van der Waals surface area contributed by atoms with Gasteiger partial charge in [-0.1, -0.05) is 0 Å². The van der Waals surface area contributed by atoms with Gasteiger partial charge in [0.1, 0.15) is 11.4 Å². The number of carbonyl (C=O) groups excluding carboxylic acids is 2. The van der Waals surface area contributed by atoms with Crippen LogP contribution in [-0.4, -0.2) is 50.4 Å². The molecule has 0 saturated carbocycles. The molecule has 0 fully saturated rings. The molecule has 1 N–H and O–H groups in total. The number of hydrogen-bond donors (Lipinski definition) is 1. The number of nitrogens with one attached hydrogen (secondary N) is 1. The summed E-state index contributed by atoms with van der Waals surface area (Å²) in [4.78, 5) is 26.2. The minimum atomic E-state index is -0.326. The Balaban J connectivity index is 2.36. The van der Waals surface area contributed by atoms with Crippen molar-refractivity contribution < 1.29 is 9.59 Å². The topological polar surface area (TPSA) is 85.0 Å². The molecule has 2 heterocycles. The first-order chi connectivity index (χ1) is 10.4. The van der Waals surface area contributed by atoms with Crippen molar-refractivity contribution in [3.8, 4) is 0 Å². The molecule has 0 aliphatic rings. The molecular formula is C13H17IN6O2. The Morgan fingerprint density at radius 3 is 2.45 bits per heavy atom. The van der Waals surface area contributed by atoms with Crippen LogP contribution in [0.2, 0.25) is 0 Å². The molecule has 0 saturated heterocycles. The van der Waals surface area contributed by atoms with E-state index in [2.05, 4.69) is 15.5 Å². The Morgan fingerprint density at radius 1 is 1.27 bits per heavy atom. The van der Waals surface area contributed by atoms with Crippen molar-refractivity contribution in [3.63, 3.8) is 0 Å². The zero-order valence-electron chi connectivity index (χ0n) is 12.8. The molecule has 2 aromatic rings. The Kier molecular flexibility index (Phi) is 4.84. The third-order valence-corrected chi connectivity index (χ3v) is 3.89. The van der Waals surface area contributed by atoms with Crippen LogP contribution in [0, 0.1) is 3.57 Å². The lowest BCUT2D eigenvalue weighted by Crippen LogP contribution is -2.27. The fourth-order valence-electron chi connectivity index (χ4n) is 2.00. The first-order valence-electron chi connectivity index (χ1n) is 6.63. The molecule has 0 aliphatic heterocycles. The number of amides is 2. The molecular weight excluding hydrogens is 399 g/mol. The molecule has 2 amide bonds. The lowest BCUT2D eigenvalue weighted by Gasteiger charge is -2.13. The minimum Gasteiger partial charge on any atom is -0.343 e. The van der Waals surface area contributed by atoms with E-state index in [1.807, 2.05) is 29.5 Å². The van der Waals surface area contributed by atoms with Crippen molar-refractivity contribution in [2.75, 3.05) is 19.4 Å². The van der Waals surface area contributed by atoms with Crippen LogP contribution >= 0.6 is 22.6 Å². The number of anilines is 1. The molecule has 8 nitrogen and oxygen atoms in total. The summed E-state index contributed by atoms with van der Waals surface area (Å²) in [6, 6.07) is 0. The van der Waals surface area contributed by atoms with Crippen molar-refractivity contribution in [1.82, 2.24) is 24.5 Å². The summed E-state index contributed by atoms with van der Waals surface area (Å²) in [5.41, 5.74) is 1.19. The second-order valence-corrected chi connectivity index (χ2v) is 6.00. The van der Waals surface area contributed by atoms with Crippen LogP contribution in [0.1, 0.15) is 27.9 Å². The molecule has 2 rings (SSSR count). The van der Waals surface area contributed by atoms with Gasteiger partial charge in [-0.3, -0.25) is 19.0 Å². The van der Waals surface area contributed by atoms with Gasteiger partial charge >= 0.3 is 0 Å². The molecule has 118 valence electrons. The van der Waals surface area contributed by atoms with Crippen molar-refractivity contribution in [1.29, 1.82) is 0 Å². The lowest BCUT2D eigenvalue weighted by molar-refractivity contribution is 0.0816. The van der Waals surface area contributed by atoms with Gasteiger partial charge in [0.15, 0.2) is 0 Å². The standard InChI is InChI=1S/C13H17IN6O2/c1-5-20-11(13(22)18(2)3)9(7-16-20)17-12(21)10-8(14)6-15-19(10)4/h6-7H,5H2,1-4H3,(H,17,21). The third-order valence-electron chi connectivity index (χ3n) is 3.11. The van der Waals surface area contributed by atoms with Crippen molar-refractivity contribution >= 4 is 40.1 Å². The molecule has 9 heteroatoms. The fourth-order valence-corrected chi connectivity index (χ4v) is 2.72. The van der Waals surface area contributed by atoms with Crippen LogP contribution < -0.4 is 5.32 Å². The predicted octanol–water partition coefficient (Wildman–Crippen LogP) is 1.20. The van der Waals surface area contributed by atoms with Crippen molar-refractivity contribution in [2.45, 2.75) is 13.5 Å². The highest BCUT2D eigenvalue weighted by molar-refractivity contribution is 14.1. The summed E-state index contributed by atoms with van der Waals surface area (Å²) in [5, 5.41) is 10.9. The quantitative estimate of drug-likeness (QED) is 0.760. The van der Waals surface area contributed by atoms with Crippen LogP contribution in [-0.2, 0) is 13.6 Å². The third kappa shape index (κ3) is 2.98. The van der Waals surface area contributed by atoms with Crippen molar-refractivity contribution in [2.24, 2.45) is 7.05 Å². The van der Waals surface area contributed by atoms with Gasteiger partial charge in [0.25, 0.3) is 11.8 Å². The molecule has 0 atom stereocenters. The van der Waals surface area contributed by atoms with E-state index in [0.717, 1.165) is 3.57 Å². The number of nitrogens with zero attached hydrogens (tertiary/aromatic N) is 5. The Labute approximate surface area is 141 Å². The largest absolute Gasteiger partial charge is 0.343 e. The normalized spacial score (nSPS) is 10.6. The summed E-state index contributed by atoms with van der Waals surface area (Å²) in [6.45, 7) is 2.42. The average molecular weight is 416 g/mol. The van der Waals surface area contributed by atoms with E-state index >= 15 is 0 Å². The second kappa shape index (κ2) is 6.46. The first kappa shape index (κ1) is 16.5. The van der Waals surface area contributed by atoms with Crippen LogP contribution in [0.25, 0.3) is 0 Å². The Bertz CT molecular complexity index is 699. The summed E-state index contributed by atoms with van der Waals surface area (Å²) in [7, 11) is 5.01. The first-order valence-corrected chi connectivity index (χ1v) is 7.71. The molecule has 0 aliphatic carbocycles. The van der Waals surface area contributed by atoms with Gasteiger partial charge in [0.05, 0.1) is 21.7 Å². The number of aromatic nitrogens is 4. The molecule has 0 bridgehead atoms. The maximum Gasteiger partial charge on any atom is 0.275 e. The molecule has 0 radical (unpaired) electrons. The monoisotopic (exact) mass is 416 g/mol. The zero-order valence-corrected chi connectivity index (χ0v) is 14.9. The van der Waals surface area contributed by atoms with Crippen LogP contribution in [0.5, 0.6) is 0 Å². The number of halogens is 1. The van der Waals surface area contributed by atoms with Gasteiger partial charge in [0.2, 0.25) is 0 Å². The van der Waals surface area contributed by atoms with Gasteiger partial charge in [-0.15, -0.1) is 0 Å². The van der Waals surface area contributed by atoms with Crippen LogP contribution in [0.4, 0.5) is 5.69 Å². The number of hydrogen-bond acceptors (Lipinski definition) is 4. The number of aryl methyl sites for hydroxylation is 2. The van der Waals surface area contributed by atoms with Gasteiger partial charge in [-0.25, -0.2) is 0 Å². The van der Waals surface area contributed by atoms with Gasteiger partial charge < -0.3 is 10.2 Å². The maximum atomic E-state index is 12.4. The summed E-state index contributed by atoms with van der Waals surface area (Å²) in [5.74, 6) is -0.540. The van der Waals surface area contributed by atoms with E-state index in [9.17, 15) is 9.59 Å². The minimum absolute atomic E-state index is 0.214. The average Bonchev–Trinajstić information content (AvgIpc) is 3.01. The van der Waals surface area contributed by atoms with E-state index in [1.54, 1.807) is 32.0 Å². The van der Waals surface area contributed by atoms with Crippen molar-refractivity contribution in [3.05, 3.63) is 27.4 Å². The van der Waals surface area contributed by atoms with E-state index in [0.29, 0.717) is 23.6 Å². The molecule has 22 heavy (non-hydrogen) atoms. The fraction of sp³-hybridized carbons (Fsp3) is 0.385. The molecule has 0 spiro atoms. The molecule has 0 unspecified atom stereocenters. The van der Waals surface area contributed by atoms with E-state index in [1.165, 1.54) is 15.8 Å². The van der Waals surface area contributed by atoms with E-state index in [4.69, 9.17) is 0 Å². The molecule has 0 aromatic carbocycles. The number of carbonyl (C=O) groups is 2. The van der Waals surface area contributed by atoms with Gasteiger partial charge in [0, 0.05) is 27.7 Å². The van der Waals surface area contributed by atoms with Crippen LogP contribution in [0.3, 0.4) is 0 Å². The van der Waals surface area contributed by atoms with E-state index < -0.39 is 0 Å². The summed E-state index contributed by atoms with van der Waals surface area (Å²) >= 11 is 2.04. The summed E-state index contributed by atoms with van der Waals surface area (Å²) in [6.07, 6.45) is 3.10. The highest BCUT2D eigenvalue weighted by atomic mass is 127. The van der Waals surface area contributed by atoms with Gasteiger partial charge in [-0.05, 0) is 29.5 Å². The smallest absolute Gasteiger partial charge is 0.275 e. The van der Waals surface area contributed by atoms with Crippen LogP contribution in [0.15, 0.2) is 12.4 Å². The SMILES string of the molecule is CCn1ncc(NC(=O)c2c(I)cnn2C)c1C(=O)N(C)C. The van der Waals surface area contributed by atoms with E-state index in [-0.39, 0.29) is 11.8 Å². The Morgan fingerprint density at radius 2 is 1.95 bits per heavy atom. The second-order valence-electron chi connectivity index (χ2n) is 4.84. The predicted molar refractivity (Wildman–Crippen MR) is 89.8 cm³/mol. The van der Waals surface area contributed by atoms with Gasteiger partial charge in [-0.2, -0.15) is 10.2 Å². The molecule has 2 aromatic heterocycles. The highest BCUT2D eigenvalue weighted by Crippen LogP contribution is 2.19. The highest BCUT2D eigenvalue weighted by Gasteiger charge is 2.23. The Hall–Kier alpha value is -1.91. The maximum absolute atomic E-state index is 12.4. The summed E-state index contributed by atoms with van der Waals surface area (Å²) < 4.78 is 3.79. The lowest BCUT2D eigenvalue weighted by atomic mass is 10.3. The zero-order chi connectivity index (χ0) is 16.4. The number of rotatable bonds is 4.